The number of halogens is 2. The van der Waals surface area contributed by atoms with Gasteiger partial charge < -0.3 is 0 Å². The van der Waals surface area contributed by atoms with Gasteiger partial charge in [-0.3, -0.25) is 0 Å². The van der Waals surface area contributed by atoms with Crippen LogP contribution in [0, 0.1) is 55.4 Å². The van der Waals surface area contributed by atoms with Crippen LogP contribution in [0.1, 0.15) is 101 Å². The van der Waals surface area contributed by atoms with E-state index >= 15 is 0 Å². The van der Waals surface area contributed by atoms with Gasteiger partial charge in [0.05, 0.1) is 0 Å². The van der Waals surface area contributed by atoms with Gasteiger partial charge in [0, 0.05) is 0 Å². The zero-order valence-electron chi connectivity index (χ0n) is 37.8. The van der Waals surface area contributed by atoms with E-state index in [0.717, 1.165) is 12.8 Å². The van der Waals surface area contributed by atoms with E-state index in [1.54, 1.807) is 0 Å². The maximum absolute atomic E-state index is 9.24. The predicted molar refractivity (Wildman–Crippen MR) is 265 cm³/mol. The average molecular weight is 924 g/mol. The van der Waals surface area contributed by atoms with Crippen LogP contribution in [-0.2, 0) is 15.6 Å². The Morgan fingerprint density at radius 1 is 0.417 bits per heavy atom. The van der Waals surface area contributed by atoms with Crippen molar-refractivity contribution in [3.63, 3.8) is 0 Å². The van der Waals surface area contributed by atoms with E-state index in [1.807, 2.05) is 0 Å². The third kappa shape index (κ3) is 7.26. The van der Waals surface area contributed by atoms with E-state index in [2.05, 4.69) is 192 Å². The van der Waals surface area contributed by atoms with E-state index in [-0.39, 0.29) is 7.25 Å². The molecule has 4 heteroatoms. The van der Waals surface area contributed by atoms with Crippen molar-refractivity contribution in [3.8, 4) is 44.5 Å². The molecule has 0 aliphatic heterocycles. The minimum absolute atomic E-state index is 0.0361. The monoisotopic (exact) mass is 921 g/mol. The van der Waals surface area contributed by atoms with Crippen LogP contribution in [0.2, 0.25) is 13.1 Å². The van der Waals surface area contributed by atoms with Gasteiger partial charge in [0.15, 0.2) is 0 Å². The van der Waals surface area contributed by atoms with E-state index in [0.29, 0.717) is 0 Å². The second-order valence-corrected chi connectivity index (χ2v) is 61.4. The Kier molecular flexibility index (Phi) is 11.5. The SMILES string of the molecule is CCC1=Cc2c(-c3cc(C)cc(C)c3)ccc(-c3cc(C)cc(C)c3)c2[CH]1[Zr]([Cl])([Cl])([CH]1C(CC)=Cc2c(-c3cc(C)cc(C)c3)ccc(-c3cc(C)cc(C)c3)c21)[SiH](C)C. The summed E-state index contributed by atoms with van der Waals surface area (Å²) in [5.74, 6) is -1.87. The third-order valence-electron chi connectivity index (χ3n) is 13.7. The fraction of sp³-hybridized carbons (Fsp3) is 0.286. The zero-order valence-corrected chi connectivity index (χ0v) is 42.9. The summed E-state index contributed by atoms with van der Waals surface area (Å²) in [4.78, 5) is 0. The second kappa shape index (κ2) is 16.0. The summed E-state index contributed by atoms with van der Waals surface area (Å²) in [5.41, 5.74) is 28.5. The number of allylic oxidation sites excluding steroid dienone is 2. The van der Waals surface area contributed by atoms with Crippen molar-refractivity contribution in [3.05, 3.63) is 175 Å². The zero-order chi connectivity index (χ0) is 43.0. The van der Waals surface area contributed by atoms with Crippen LogP contribution >= 0.6 is 17.0 Å². The van der Waals surface area contributed by atoms with Crippen molar-refractivity contribution < 1.29 is 15.6 Å². The van der Waals surface area contributed by atoms with Crippen LogP contribution in [0.4, 0.5) is 0 Å². The molecule has 0 heterocycles. The van der Waals surface area contributed by atoms with Gasteiger partial charge in [-0.25, -0.2) is 0 Å². The molecule has 60 heavy (non-hydrogen) atoms. The first kappa shape index (κ1) is 43.1. The molecule has 6 aromatic rings. The first-order chi connectivity index (χ1) is 28.4. The summed E-state index contributed by atoms with van der Waals surface area (Å²) in [6.07, 6.45) is 6.88. The van der Waals surface area contributed by atoms with E-state index < -0.39 is 21.5 Å². The average Bonchev–Trinajstić information content (AvgIpc) is 3.77. The van der Waals surface area contributed by atoms with Crippen LogP contribution < -0.4 is 0 Å². The summed E-state index contributed by atoms with van der Waals surface area (Å²) in [6.45, 7) is 27.4. The molecule has 0 N–H and O–H groups in total. The summed E-state index contributed by atoms with van der Waals surface area (Å²) in [6, 6.07) is 37.6. The number of fused-ring (bicyclic) bond motifs is 2. The number of hydrogen-bond acceptors (Lipinski definition) is 0. The van der Waals surface area contributed by atoms with Crippen LogP contribution in [-0.4, -0.2) is 5.92 Å². The Hall–Kier alpha value is -3.52. The Morgan fingerprint density at radius 2 is 0.667 bits per heavy atom. The molecule has 307 valence electrons. The molecule has 6 aromatic carbocycles. The first-order valence-electron chi connectivity index (χ1n) is 22.1. The molecule has 0 saturated heterocycles. The Balaban J connectivity index is 1.50. The molecule has 2 unspecified atom stereocenters. The molecule has 0 radical (unpaired) electrons. The molecule has 0 aromatic heterocycles. The molecule has 8 rings (SSSR count). The van der Waals surface area contributed by atoms with Gasteiger partial charge >= 0.3 is 373 Å². The standard InChI is InChI=1S/2C27H27.C2H7Si.2ClH.Zr/c2*1-6-21-15-26-24(22-11-17(2)9-18(3)12-22)7-8-25(27(26)16-21)23-13-19(4)10-20(5)14-23;1-3-2;;;/h2*7-16H,6H2,1-5H3;3H,1-2H3;2*1H;/q;;;;;+2/p-2. The summed E-state index contributed by atoms with van der Waals surface area (Å²) < 4.78 is -0.0723. The summed E-state index contributed by atoms with van der Waals surface area (Å²) >= 11 is -5.28. The number of rotatable bonds is 9. The van der Waals surface area contributed by atoms with Gasteiger partial charge in [0.25, 0.3) is 0 Å². The van der Waals surface area contributed by atoms with E-state index in [9.17, 15) is 17.0 Å². The van der Waals surface area contributed by atoms with Crippen molar-refractivity contribution in [2.24, 2.45) is 0 Å². The van der Waals surface area contributed by atoms with Crippen LogP contribution in [0.25, 0.3) is 56.7 Å². The molecule has 0 saturated carbocycles. The van der Waals surface area contributed by atoms with Crippen LogP contribution in [0.3, 0.4) is 0 Å². The van der Waals surface area contributed by atoms with Crippen molar-refractivity contribution in [1.82, 2.24) is 0 Å². The summed E-state index contributed by atoms with van der Waals surface area (Å²) in [7, 11) is 18.5. The molecule has 0 amide bonds. The number of hydrogen-bond donors (Lipinski definition) is 0. The van der Waals surface area contributed by atoms with Crippen molar-refractivity contribution in [1.29, 1.82) is 0 Å². The third-order valence-corrected chi connectivity index (χ3v) is 65.4. The normalized spacial score (nSPS) is 16.7. The van der Waals surface area contributed by atoms with Gasteiger partial charge in [-0.1, -0.05) is 0 Å². The molecule has 2 aliphatic rings. The molecule has 0 spiro atoms. The molecule has 0 nitrogen and oxygen atoms in total. The fourth-order valence-corrected chi connectivity index (χ4v) is 42.9. The second-order valence-electron chi connectivity index (χ2n) is 18.9. The molecule has 2 atom stereocenters. The van der Waals surface area contributed by atoms with Crippen molar-refractivity contribution in [2.75, 3.05) is 0 Å². The quantitative estimate of drug-likeness (QED) is 0.127. The van der Waals surface area contributed by atoms with Crippen molar-refractivity contribution >= 4 is 35.1 Å². The van der Waals surface area contributed by atoms with Gasteiger partial charge in [-0.15, -0.1) is 0 Å². The molecule has 0 bridgehead atoms. The maximum atomic E-state index is 9.24. The Bertz CT molecular complexity index is 2530. The van der Waals surface area contributed by atoms with Crippen molar-refractivity contribution in [2.45, 2.75) is 102 Å². The van der Waals surface area contributed by atoms with Gasteiger partial charge in [-0.2, -0.15) is 0 Å². The molecular formula is C56H61Cl2SiZr. The van der Waals surface area contributed by atoms with Crippen LogP contribution in [0.15, 0.2) is 108 Å². The molecule has 0 fully saturated rings. The number of benzene rings is 6. The van der Waals surface area contributed by atoms with E-state index in [4.69, 9.17) is 0 Å². The van der Waals surface area contributed by atoms with E-state index in [1.165, 1.54) is 122 Å². The fourth-order valence-electron chi connectivity index (χ4n) is 11.3. The van der Waals surface area contributed by atoms with Gasteiger partial charge in [-0.05, 0) is 0 Å². The molecular weight excluding hydrogens is 863 g/mol. The first-order valence-corrected chi connectivity index (χ1v) is 38.4. The topological polar surface area (TPSA) is 0 Å². The van der Waals surface area contributed by atoms with Gasteiger partial charge in [0.2, 0.25) is 0 Å². The van der Waals surface area contributed by atoms with Crippen LogP contribution in [0.5, 0.6) is 0 Å². The Labute approximate surface area is 369 Å². The number of aryl methyl sites for hydroxylation is 8. The molecule has 2 aliphatic carbocycles. The summed E-state index contributed by atoms with van der Waals surface area (Å²) in [5, 5.41) is 0. The van der Waals surface area contributed by atoms with Gasteiger partial charge in [0.1, 0.15) is 0 Å². The predicted octanol–water partition coefficient (Wildman–Crippen LogP) is 17.2. The Morgan fingerprint density at radius 3 is 0.917 bits per heavy atom. The minimum atomic E-state index is -5.28.